The van der Waals surface area contributed by atoms with Gasteiger partial charge >= 0.3 is 0 Å². The Morgan fingerprint density at radius 1 is 0.761 bits per heavy atom. The van der Waals surface area contributed by atoms with E-state index >= 15 is 0 Å². The molecule has 0 aliphatic rings. The van der Waals surface area contributed by atoms with Crippen molar-refractivity contribution in [2.45, 2.75) is 71.4 Å². The summed E-state index contributed by atoms with van der Waals surface area (Å²) in [6.07, 6.45) is 2.01. The minimum Gasteiger partial charge on any atom is -0.354 e. The molecule has 0 saturated heterocycles. The van der Waals surface area contributed by atoms with E-state index in [9.17, 15) is 18.0 Å². The molecule has 1 N–H and O–H groups in total. The minimum atomic E-state index is -4.15. The lowest BCUT2D eigenvalue weighted by atomic mass is 10.0. The summed E-state index contributed by atoms with van der Waals surface area (Å²) in [6, 6.07) is 28.5. The lowest BCUT2D eigenvalue weighted by Crippen LogP contribution is -2.53. The highest BCUT2D eigenvalue weighted by atomic mass is 32.2. The van der Waals surface area contributed by atoms with Crippen LogP contribution in [0.15, 0.2) is 102 Å². The summed E-state index contributed by atoms with van der Waals surface area (Å²) < 4.78 is 29.7. The maximum atomic E-state index is 14.6. The molecule has 242 valence electrons. The molecule has 0 fully saturated rings. The molecule has 8 heteroatoms. The van der Waals surface area contributed by atoms with Gasteiger partial charge in [-0.1, -0.05) is 97.3 Å². The summed E-state index contributed by atoms with van der Waals surface area (Å²) in [5.41, 5.74) is 6.01. The fourth-order valence-corrected chi connectivity index (χ4v) is 6.72. The number of nitrogens with zero attached hydrogens (tertiary/aromatic N) is 2. The van der Waals surface area contributed by atoms with Crippen molar-refractivity contribution in [2.24, 2.45) is 0 Å². The van der Waals surface area contributed by atoms with Crippen LogP contribution in [0, 0.1) is 27.7 Å². The molecular weight excluding hydrogens is 595 g/mol. The molecule has 0 heterocycles. The number of hydrogen-bond acceptors (Lipinski definition) is 4. The highest BCUT2D eigenvalue weighted by molar-refractivity contribution is 7.92. The number of nitrogens with one attached hydrogen (secondary N) is 1. The Bertz CT molecular complexity index is 1740. The number of anilines is 1. The van der Waals surface area contributed by atoms with E-state index in [-0.39, 0.29) is 23.8 Å². The van der Waals surface area contributed by atoms with E-state index in [2.05, 4.69) is 12.2 Å². The Morgan fingerprint density at radius 2 is 1.46 bits per heavy atom. The molecule has 0 aromatic heterocycles. The van der Waals surface area contributed by atoms with Crippen LogP contribution < -0.4 is 9.62 Å². The molecule has 2 amide bonds. The summed E-state index contributed by atoms with van der Waals surface area (Å²) in [4.78, 5) is 30.1. The van der Waals surface area contributed by atoms with Crippen LogP contribution in [0.25, 0.3) is 0 Å². The van der Waals surface area contributed by atoms with Gasteiger partial charge in [0, 0.05) is 19.5 Å². The smallest absolute Gasteiger partial charge is 0.264 e. The summed E-state index contributed by atoms with van der Waals surface area (Å²) in [5, 5.41) is 3.03. The van der Waals surface area contributed by atoms with Gasteiger partial charge in [0.05, 0.1) is 10.6 Å². The van der Waals surface area contributed by atoms with Crippen molar-refractivity contribution in [1.29, 1.82) is 0 Å². The van der Waals surface area contributed by atoms with Gasteiger partial charge in [0.15, 0.2) is 0 Å². The number of amides is 2. The largest absolute Gasteiger partial charge is 0.354 e. The predicted molar refractivity (Wildman–Crippen MR) is 185 cm³/mol. The monoisotopic (exact) mass is 639 g/mol. The van der Waals surface area contributed by atoms with Gasteiger partial charge in [-0.05, 0) is 80.6 Å². The molecule has 0 unspecified atom stereocenters. The lowest BCUT2D eigenvalue weighted by Gasteiger charge is -2.34. The van der Waals surface area contributed by atoms with Gasteiger partial charge in [0.1, 0.15) is 12.6 Å². The summed E-state index contributed by atoms with van der Waals surface area (Å²) >= 11 is 0. The molecule has 4 aromatic rings. The third-order valence-corrected chi connectivity index (χ3v) is 9.99. The zero-order valence-electron chi connectivity index (χ0n) is 27.5. The predicted octanol–water partition coefficient (Wildman–Crippen LogP) is 6.67. The number of carbonyl (C=O) groups is 2. The van der Waals surface area contributed by atoms with E-state index in [0.29, 0.717) is 12.2 Å². The van der Waals surface area contributed by atoms with Crippen LogP contribution in [0.2, 0.25) is 0 Å². The zero-order chi connectivity index (χ0) is 33.3. The Hall–Kier alpha value is -4.43. The van der Waals surface area contributed by atoms with Crippen LogP contribution in [0.4, 0.5) is 5.69 Å². The molecule has 0 spiro atoms. The summed E-state index contributed by atoms with van der Waals surface area (Å²) in [7, 11) is -4.15. The van der Waals surface area contributed by atoms with Gasteiger partial charge in [0.25, 0.3) is 10.0 Å². The SMILES string of the molecule is CCCCNC(=O)[C@H](Cc1ccccc1)N(Cc1cccc(C)c1)C(=O)CN(c1ccc(C)c(C)c1)S(=O)(=O)c1ccc(C)cc1. The topological polar surface area (TPSA) is 86.8 Å². The van der Waals surface area contributed by atoms with Crippen molar-refractivity contribution in [3.8, 4) is 0 Å². The second-order valence-electron chi connectivity index (χ2n) is 12.0. The first-order valence-electron chi connectivity index (χ1n) is 15.8. The number of sulfonamides is 1. The zero-order valence-corrected chi connectivity index (χ0v) is 28.3. The van der Waals surface area contributed by atoms with E-state index < -0.39 is 28.5 Å². The molecule has 4 aromatic carbocycles. The second kappa shape index (κ2) is 15.7. The Kier molecular flexibility index (Phi) is 11.8. The first-order valence-corrected chi connectivity index (χ1v) is 17.3. The van der Waals surface area contributed by atoms with Gasteiger partial charge in [-0.15, -0.1) is 0 Å². The van der Waals surface area contributed by atoms with E-state index in [1.54, 1.807) is 41.3 Å². The summed E-state index contributed by atoms with van der Waals surface area (Å²) in [6.45, 7) is 9.95. The molecule has 7 nitrogen and oxygen atoms in total. The molecule has 0 aliphatic carbocycles. The van der Waals surface area contributed by atoms with Crippen molar-refractivity contribution in [3.05, 3.63) is 130 Å². The van der Waals surface area contributed by atoms with Crippen LogP contribution in [0.5, 0.6) is 0 Å². The van der Waals surface area contributed by atoms with Crippen LogP contribution in [0.3, 0.4) is 0 Å². The van der Waals surface area contributed by atoms with E-state index in [1.807, 2.05) is 88.4 Å². The van der Waals surface area contributed by atoms with Crippen LogP contribution >= 0.6 is 0 Å². The number of unbranched alkanes of at least 4 members (excludes halogenated alkanes) is 1. The Morgan fingerprint density at radius 3 is 2.11 bits per heavy atom. The fraction of sp³-hybridized carbons (Fsp3) is 0.316. The van der Waals surface area contributed by atoms with Gasteiger partial charge in [-0.3, -0.25) is 13.9 Å². The highest BCUT2D eigenvalue weighted by Crippen LogP contribution is 2.27. The number of hydrogen-bond donors (Lipinski definition) is 1. The van der Waals surface area contributed by atoms with Gasteiger partial charge < -0.3 is 10.2 Å². The van der Waals surface area contributed by atoms with Crippen LogP contribution in [-0.2, 0) is 32.6 Å². The summed E-state index contributed by atoms with van der Waals surface area (Å²) in [5.74, 6) is -0.737. The van der Waals surface area contributed by atoms with Gasteiger partial charge in [-0.2, -0.15) is 0 Å². The maximum Gasteiger partial charge on any atom is 0.264 e. The molecule has 4 rings (SSSR count). The number of aryl methyl sites for hydroxylation is 4. The minimum absolute atomic E-state index is 0.0903. The number of carbonyl (C=O) groups excluding carboxylic acids is 2. The first kappa shape index (κ1) is 34.4. The van der Waals surface area contributed by atoms with E-state index in [0.717, 1.165) is 46.2 Å². The molecule has 0 radical (unpaired) electrons. The van der Waals surface area contributed by atoms with Crippen LogP contribution in [-0.4, -0.2) is 44.3 Å². The standard InChI is InChI=1S/C38H45N3O4S/c1-6-7-22-39-38(43)36(25-32-13-9-8-10-14-32)40(26-33-15-11-12-29(3)23-33)37(42)27-41(34-19-18-30(4)31(5)24-34)46(44,45)35-20-16-28(2)17-21-35/h8-21,23-24,36H,6-7,22,25-27H2,1-5H3,(H,39,43)/t36-/m0/s1. The van der Waals surface area contributed by atoms with Gasteiger partial charge in [0.2, 0.25) is 11.8 Å². The lowest BCUT2D eigenvalue weighted by molar-refractivity contribution is -0.140. The third-order valence-electron chi connectivity index (χ3n) is 8.20. The van der Waals surface area contributed by atoms with Crippen molar-refractivity contribution in [2.75, 3.05) is 17.4 Å². The van der Waals surface area contributed by atoms with Gasteiger partial charge in [-0.25, -0.2) is 8.42 Å². The third kappa shape index (κ3) is 8.85. The molecule has 46 heavy (non-hydrogen) atoms. The number of rotatable bonds is 14. The molecule has 0 aliphatic heterocycles. The first-order chi connectivity index (χ1) is 22.0. The second-order valence-corrected chi connectivity index (χ2v) is 13.8. The quantitative estimate of drug-likeness (QED) is 0.156. The number of benzene rings is 4. The normalized spacial score (nSPS) is 11.9. The van der Waals surface area contributed by atoms with Crippen molar-refractivity contribution >= 4 is 27.5 Å². The molecular formula is C38H45N3O4S. The van der Waals surface area contributed by atoms with E-state index in [1.165, 1.54) is 4.31 Å². The molecule has 0 bridgehead atoms. The Balaban J connectivity index is 1.81. The average Bonchev–Trinajstić information content (AvgIpc) is 3.03. The molecule has 0 saturated carbocycles. The average molecular weight is 640 g/mol. The fourth-order valence-electron chi connectivity index (χ4n) is 5.31. The van der Waals surface area contributed by atoms with Crippen molar-refractivity contribution in [1.82, 2.24) is 10.2 Å². The Labute approximate surface area is 274 Å². The van der Waals surface area contributed by atoms with Crippen LogP contribution in [0.1, 0.15) is 53.1 Å². The van der Waals surface area contributed by atoms with Crippen molar-refractivity contribution in [3.63, 3.8) is 0 Å². The molecule has 1 atom stereocenters. The van der Waals surface area contributed by atoms with E-state index in [4.69, 9.17) is 0 Å². The maximum absolute atomic E-state index is 14.6. The highest BCUT2D eigenvalue weighted by Gasteiger charge is 2.34. The van der Waals surface area contributed by atoms with Crippen molar-refractivity contribution < 1.29 is 18.0 Å².